The van der Waals surface area contributed by atoms with Gasteiger partial charge in [-0.15, -0.1) is 12.4 Å². The summed E-state index contributed by atoms with van der Waals surface area (Å²) in [6.07, 6.45) is 9.35. The second-order valence-corrected chi connectivity index (χ2v) is 14.4. The fraction of sp³-hybridized carbons (Fsp3) is 0.676. The molecule has 1 aromatic rings. The maximum Gasteiger partial charge on any atom is 0.305 e. The number of carbonyl (C=O) groups is 5. The van der Waals surface area contributed by atoms with Crippen molar-refractivity contribution in [1.82, 2.24) is 15.5 Å². The number of benzene rings is 1. The Labute approximate surface area is 309 Å². The van der Waals surface area contributed by atoms with Gasteiger partial charge in [0.1, 0.15) is 18.3 Å². The Morgan fingerprint density at radius 1 is 0.980 bits per heavy atom. The minimum atomic E-state index is -1.23. The fourth-order valence-corrected chi connectivity index (χ4v) is 6.65. The maximum atomic E-state index is 13.7. The van der Waals surface area contributed by atoms with Crippen LogP contribution in [-0.4, -0.2) is 105 Å². The number of nitrogens with zero attached hydrogens (tertiary/aromatic N) is 1. The topological polar surface area (TPSA) is 274 Å². The minimum Gasteiger partial charge on any atom is -0.508 e. The van der Waals surface area contributed by atoms with Gasteiger partial charge in [0.25, 0.3) is 0 Å². The lowest BCUT2D eigenvalue weighted by molar-refractivity contribution is -0.149. The highest BCUT2D eigenvalue weighted by atomic mass is 35.5. The molecule has 51 heavy (non-hydrogen) atoms. The summed E-state index contributed by atoms with van der Waals surface area (Å²) in [7, 11) is 0.110. The fourth-order valence-electron chi connectivity index (χ4n) is 6.06. The lowest BCUT2D eigenvalue weighted by atomic mass is 9.84. The molecule has 0 bridgehead atoms. The number of hydrogen-bond acceptors (Lipinski definition) is 10. The number of phenolic OH excluding ortho intramolecular Hbond substituents is 1. The number of hydrogen-bond donors (Lipinski definition) is 5. The number of ether oxygens (including phenoxy) is 1. The molecule has 0 heterocycles. The first-order valence-corrected chi connectivity index (χ1v) is 18.6. The van der Waals surface area contributed by atoms with Crippen molar-refractivity contribution in [3.8, 4) is 5.75 Å². The summed E-state index contributed by atoms with van der Waals surface area (Å²) in [5, 5.41) is 15.6. The molecule has 1 fully saturated rings. The summed E-state index contributed by atoms with van der Waals surface area (Å²) in [4.78, 5) is 66.1. The van der Waals surface area contributed by atoms with Crippen molar-refractivity contribution in [3.63, 3.8) is 0 Å². The molecule has 0 radical (unpaired) electrons. The van der Waals surface area contributed by atoms with Crippen LogP contribution in [0.2, 0.25) is 0 Å². The first-order valence-electron chi connectivity index (χ1n) is 16.8. The van der Waals surface area contributed by atoms with Crippen LogP contribution in [0.15, 0.2) is 12.1 Å². The standard InChI is InChI=1S/C34H55N5O8S.ClH.2H2O/c1-22-17-25(40)18-23(2)26(22)20-28(36)34(45)39(33(44)27(35)14-16-48(4)46)21-30(41)38-29(19-24-11-7-5-8-12-24)32(43)37-15-10-6-9-13-31(42)47-3;;;/h17-18,24,27-29,40H,5-16,19-21,35-36H2,1-4H3,(H,37,43)(H,38,41);1H;2*1H2/t27-,28+,29+,48?;;;/m1.../s1. The van der Waals surface area contributed by atoms with Crippen molar-refractivity contribution in [2.24, 2.45) is 17.4 Å². The number of methoxy groups -OCH3 is 1. The van der Waals surface area contributed by atoms with E-state index < -0.39 is 53.2 Å². The molecule has 0 spiro atoms. The summed E-state index contributed by atoms with van der Waals surface area (Å²) in [6, 6.07) is -0.185. The van der Waals surface area contributed by atoms with E-state index in [1.165, 1.54) is 13.4 Å². The molecule has 294 valence electrons. The molecule has 0 saturated heterocycles. The van der Waals surface area contributed by atoms with E-state index >= 15 is 0 Å². The number of carbonyl (C=O) groups excluding carboxylic acids is 5. The number of unbranched alkanes of at least 4 members (excludes halogenated alkanes) is 2. The Morgan fingerprint density at radius 2 is 1.57 bits per heavy atom. The number of rotatable bonds is 19. The van der Waals surface area contributed by atoms with E-state index in [4.69, 9.17) is 11.5 Å². The van der Waals surface area contributed by atoms with Crippen LogP contribution < -0.4 is 22.1 Å². The second-order valence-electron chi connectivity index (χ2n) is 12.8. The van der Waals surface area contributed by atoms with Crippen molar-refractivity contribution in [2.45, 2.75) is 109 Å². The van der Waals surface area contributed by atoms with Gasteiger partial charge in [-0.25, -0.2) is 0 Å². The molecule has 1 aliphatic carbocycles. The molecule has 11 N–H and O–H groups in total. The Hall–Kier alpha value is -3.15. The highest BCUT2D eigenvalue weighted by Gasteiger charge is 2.34. The van der Waals surface area contributed by atoms with Crippen molar-refractivity contribution < 1.29 is 49.0 Å². The molecular formula is C34H60ClN5O10S. The first-order chi connectivity index (χ1) is 22.7. The van der Waals surface area contributed by atoms with Gasteiger partial charge in [-0.05, 0) is 80.7 Å². The van der Waals surface area contributed by atoms with Gasteiger partial charge in [0, 0.05) is 35.8 Å². The molecular weight excluding hydrogens is 706 g/mol. The molecule has 17 heteroatoms. The average molecular weight is 766 g/mol. The van der Waals surface area contributed by atoms with Crippen molar-refractivity contribution in [2.75, 3.05) is 32.2 Å². The molecule has 1 aromatic carbocycles. The second kappa shape index (κ2) is 25.7. The Bertz CT molecular complexity index is 1270. The highest BCUT2D eigenvalue weighted by molar-refractivity contribution is 7.84. The van der Waals surface area contributed by atoms with E-state index in [1.807, 2.05) is 0 Å². The zero-order valence-corrected chi connectivity index (χ0v) is 31.9. The zero-order valence-electron chi connectivity index (χ0n) is 30.3. The number of nitrogens with two attached hydrogens (primary N) is 2. The summed E-state index contributed by atoms with van der Waals surface area (Å²) >= 11 is 0. The van der Waals surface area contributed by atoms with Crippen LogP contribution in [0.25, 0.3) is 0 Å². The average Bonchev–Trinajstić information content (AvgIpc) is 3.04. The van der Waals surface area contributed by atoms with Crippen molar-refractivity contribution in [3.05, 3.63) is 28.8 Å². The van der Waals surface area contributed by atoms with Gasteiger partial charge in [0.05, 0.1) is 19.2 Å². The normalized spacial score (nSPS) is 14.9. The third-order valence-electron chi connectivity index (χ3n) is 8.82. The smallest absolute Gasteiger partial charge is 0.305 e. The van der Waals surface area contributed by atoms with Gasteiger partial charge >= 0.3 is 5.97 Å². The lowest BCUT2D eigenvalue weighted by Gasteiger charge is -2.29. The van der Waals surface area contributed by atoms with E-state index in [-0.39, 0.29) is 65.5 Å². The highest BCUT2D eigenvalue weighted by Crippen LogP contribution is 2.27. The summed E-state index contributed by atoms with van der Waals surface area (Å²) in [5.41, 5.74) is 14.6. The van der Waals surface area contributed by atoms with Crippen LogP contribution in [0.3, 0.4) is 0 Å². The summed E-state index contributed by atoms with van der Waals surface area (Å²) in [5.74, 6) is -2.54. The Morgan fingerprint density at radius 3 is 2.14 bits per heavy atom. The van der Waals surface area contributed by atoms with E-state index in [9.17, 15) is 33.3 Å². The van der Waals surface area contributed by atoms with E-state index in [0.717, 1.165) is 42.6 Å². The third-order valence-corrected chi connectivity index (χ3v) is 9.63. The SMILES string of the molecule is COC(=O)CCCCCNC(=O)[C@H](CC1CCCCC1)NC(=O)CN(C(=O)[C@H](N)CCS(C)=O)C(=O)[C@@H](N)Cc1c(C)cc(O)cc1C.Cl.O.O. The molecule has 1 saturated carbocycles. The summed E-state index contributed by atoms with van der Waals surface area (Å²) < 4.78 is 16.3. The van der Waals surface area contributed by atoms with Crippen LogP contribution in [0, 0.1) is 19.8 Å². The van der Waals surface area contributed by atoms with Gasteiger partial charge in [0.2, 0.25) is 23.6 Å². The maximum absolute atomic E-state index is 13.7. The van der Waals surface area contributed by atoms with Crippen LogP contribution >= 0.6 is 12.4 Å². The number of amides is 4. The van der Waals surface area contributed by atoms with E-state index in [1.54, 1.807) is 26.0 Å². The molecule has 2 rings (SSSR count). The van der Waals surface area contributed by atoms with Gasteiger partial charge in [0.15, 0.2) is 0 Å². The van der Waals surface area contributed by atoms with E-state index in [2.05, 4.69) is 15.4 Å². The predicted molar refractivity (Wildman–Crippen MR) is 199 cm³/mol. The van der Waals surface area contributed by atoms with Crippen LogP contribution in [0.4, 0.5) is 0 Å². The van der Waals surface area contributed by atoms with E-state index in [0.29, 0.717) is 49.8 Å². The number of phenols is 1. The zero-order chi connectivity index (χ0) is 35.8. The third kappa shape index (κ3) is 17.8. The van der Waals surface area contributed by atoms with Gasteiger partial charge < -0.3 is 42.9 Å². The van der Waals surface area contributed by atoms with Crippen LogP contribution in [0.5, 0.6) is 5.75 Å². The molecule has 0 aliphatic heterocycles. The minimum absolute atomic E-state index is 0. The predicted octanol–water partition coefficient (Wildman–Crippen LogP) is 0.407. The summed E-state index contributed by atoms with van der Waals surface area (Å²) in [6.45, 7) is 3.22. The number of esters is 1. The van der Waals surface area contributed by atoms with Gasteiger partial charge in [-0.2, -0.15) is 0 Å². The van der Waals surface area contributed by atoms with Gasteiger partial charge in [-0.1, -0.05) is 38.5 Å². The molecule has 4 atom stereocenters. The van der Waals surface area contributed by atoms with Crippen LogP contribution in [0.1, 0.15) is 87.3 Å². The lowest BCUT2D eigenvalue weighted by Crippen LogP contribution is -2.57. The Kier molecular flexibility index (Phi) is 25.2. The largest absolute Gasteiger partial charge is 0.508 e. The number of aromatic hydroxyl groups is 1. The molecule has 4 amide bonds. The molecule has 15 nitrogen and oxygen atoms in total. The first kappa shape index (κ1) is 50.0. The number of halogens is 1. The molecule has 1 aliphatic rings. The van der Waals surface area contributed by atoms with Crippen LogP contribution in [-0.2, 0) is 45.9 Å². The number of nitrogens with one attached hydrogen (secondary N) is 2. The van der Waals surface area contributed by atoms with Crippen molar-refractivity contribution >= 4 is 52.8 Å². The quantitative estimate of drug-likeness (QED) is 0.0955. The van der Waals surface area contributed by atoms with Gasteiger partial charge in [-0.3, -0.25) is 33.1 Å². The number of imide groups is 1. The Balaban J connectivity index is 0. The van der Waals surface area contributed by atoms with Crippen molar-refractivity contribution in [1.29, 1.82) is 0 Å². The molecule has 0 aromatic heterocycles. The number of aryl methyl sites for hydroxylation is 2. The monoisotopic (exact) mass is 765 g/mol. The molecule has 1 unspecified atom stereocenters.